The fourth-order valence-corrected chi connectivity index (χ4v) is 1.82. The number of carbonyl (C=O) groups is 1. The molecule has 0 unspecified atom stereocenters. The normalized spacial score (nSPS) is 11.7. The van der Waals surface area contributed by atoms with Crippen LogP contribution in [0.5, 0.6) is 0 Å². The number of halogens is 1. The quantitative estimate of drug-likeness (QED) is 0.826. The predicted octanol–water partition coefficient (Wildman–Crippen LogP) is 1.82. The van der Waals surface area contributed by atoms with Crippen LogP contribution in [0.3, 0.4) is 0 Å². The summed E-state index contributed by atoms with van der Waals surface area (Å²) in [5, 5.41) is 2.68. The second-order valence-electron chi connectivity index (χ2n) is 5.09. The number of hydrogen-bond donors (Lipinski definition) is 2. The van der Waals surface area contributed by atoms with Crippen molar-refractivity contribution in [1.29, 1.82) is 0 Å². The molecule has 0 heterocycles. The molecule has 0 saturated heterocycles. The highest BCUT2D eigenvalue weighted by Gasteiger charge is 2.25. The average Bonchev–Trinajstić information content (AvgIpc) is 2.35. The molecule has 106 valence electrons. The summed E-state index contributed by atoms with van der Waals surface area (Å²) < 4.78 is 13.0. The Labute approximate surface area is 113 Å². The third-order valence-corrected chi connectivity index (χ3v) is 3.18. The van der Waals surface area contributed by atoms with E-state index in [9.17, 15) is 9.18 Å². The van der Waals surface area contributed by atoms with Crippen molar-refractivity contribution in [1.82, 2.24) is 4.90 Å². The number of likely N-dealkylation sites (N-methyl/N-ethyl adjacent to an activating group) is 1. The Morgan fingerprint density at radius 3 is 2.68 bits per heavy atom. The highest BCUT2D eigenvalue weighted by Crippen LogP contribution is 2.13. The van der Waals surface area contributed by atoms with Gasteiger partial charge in [0.25, 0.3) is 0 Å². The minimum Gasteiger partial charge on any atom is -0.329 e. The van der Waals surface area contributed by atoms with Gasteiger partial charge in [-0.15, -0.1) is 0 Å². The lowest BCUT2D eigenvalue weighted by molar-refractivity contribution is -0.118. The fourth-order valence-electron chi connectivity index (χ4n) is 1.82. The zero-order valence-corrected chi connectivity index (χ0v) is 11.7. The first-order chi connectivity index (χ1) is 8.89. The van der Waals surface area contributed by atoms with Gasteiger partial charge >= 0.3 is 0 Å². The van der Waals surface area contributed by atoms with Crippen LogP contribution in [0.4, 0.5) is 10.1 Å². The highest BCUT2D eigenvalue weighted by atomic mass is 19.1. The van der Waals surface area contributed by atoms with Crippen molar-refractivity contribution in [2.45, 2.75) is 26.3 Å². The number of anilines is 1. The maximum atomic E-state index is 13.0. The molecule has 0 radical (unpaired) electrons. The van der Waals surface area contributed by atoms with E-state index in [1.165, 1.54) is 12.1 Å². The van der Waals surface area contributed by atoms with Gasteiger partial charge < -0.3 is 11.1 Å². The molecule has 0 aromatic heterocycles. The topological polar surface area (TPSA) is 58.4 Å². The Kier molecular flexibility index (Phi) is 5.44. The molecule has 0 aliphatic carbocycles. The molecule has 1 aromatic carbocycles. The standard InChI is InChI=1S/C14H22FN3O/c1-4-18(14(2,3)10-16)9-13(19)17-12-7-5-6-11(15)8-12/h5-8H,4,9-10,16H2,1-3H3,(H,17,19). The summed E-state index contributed by atoms with van der Waals surface area (Å²) in [5.74, 6) is -0.540. The SMILES string of the molecule is CCN(CC(=O)Nc1cccc(F)c1)C(C)(C)CN. The van der Waals surface area contributed by atoms with Gasteiger partial charge in [0.1, 0.15) is 5.82 Å². The minimum absolute atomic E-state index is 0.172. The van der Waals surface area contributed by atoms with E-state index < -0.39 is 0 Å². The van der Waals surface area contributed by atoms with E-state index in [-0.39, 0.29) is 23.8 Å². The van der Waals surface area contributed by atoms with Gasteiger partial charge in [0.2, 0.25) is 5.91 Å². The number of nitrogens with one attached hydrogen (secondary N) is 1. The summed E-state index contributed by atoms with van der Waals surface area (Å²) in [6.07, 6.45) is 0. The van der Waals surface area contributed by atoms with Crippen molar-refractivity contribution in [3.05, 3.63) is 30.1 Å². The van der Waals surface area contributed by atoms with Crippen LogP contribution >= 0.6 is 0 Å². The zero-order chi connectivity index (χ0) is 14.5. The number of amides is 1. The Morgan fingerprint density at radius 2 is 2.16 bits per heavy atom. The van der Waals surface area contributed by atoms with Crippen molar-refractivity contribution in [2.24, 2.45) is 5.73 Å². The number of nitrogens with zero attached hydrogens (tertiary/aromatic N) is 1. The summed E-state index contributed by atoms with van der Waals surface area (Å²) >= 11 is 0. The molecule has 0 spiro atoms. The highest BCUT2D eigenvalue weighted by molar-refractivity contribution is 5.92. The van der Waals surface area contributed by atoms with Crippen LogP contribution in [0.1, 0.15) is 20.8 Å². The lowest BCUT2D eigenvalue weighted by Gasteiger charge is -2.36. The number of rotatable bonds is 6. The van der Waals surface area contributed by atoms with Crippen LogP contribution in [0.2, 0.25) is 0 Å². The minimum atomic E-state index is -0.368. The van der Waals surface area contributed by atoms with E-state index in [2.05, 4.69) is 5.32 Å². The second kappa shape index (κ2) is 6.63. The van der Waals surface area contributed by atoms with Crippen molar-refractivity contribution in [2.75, 3.05) is 25.0 Å². The molecule has 0 aliphatic rings. The maximum Gasteiger partial charge on any atom is 0.238 e. The van der Waals surface area contributed by atoms with E-state index >= 15 is 0 Å². The Hall–Kier alpha value is -1.46. The molecule has 5 heteroatoms. The van der Waals surface area contributed by atoms with E-state index in [4.69, 9.17) is 5.73 Å². The molecule has 1 rings (SSSR count). The number of hydrogen-bond acceptors (Lipinski definition) is 3. The van der Waals surface area contributed by atoms with Gasteiger partial charge in [-0.2, -0.15) is 0 Å². The molecule has 3 N–H and O–H groups in total. The molecule has 19 heavy (non-hydrogen) atoms. The van der Waals surface area contributed by atoms with Crippen LogP contribution in [0.25, 0.3) is 0 Å². The summed E-state index contributed by atoms with van der Waals surface area (Å²) in [7, 11) is 0. The van der Waals surface area contributed by atoms with Gasteiger partial charge in [-0.05, 0) is 38.6 Å². The molecule has 1 aromatic rings. The predicted molar refractivity (Wildman–Crippen MR) is 75.4 cm³/mol. The zero-order valence-electron chi connectivity index (χ0n) is 11.7. The number of nitrogens with two attached hydrogens (primary N) is 1. The average molecular weight is 267 g/mol. The van der Waals surface area contributed by atoms with Crippen molar-refractivity contribution < 1.29 is 9.18 Å². The third kappa shape index (κ3) is 4.61. The molecule has 1 amide bonds. The van der Waals surface area contributed by atoms with Gasteiger partial charge in [0.05, 0.1) is 6.54 Å². The van der Waals surface area contributed by atoms with Crippen LogP contribution in [-0.4, -0.2) is 36.0 Å². The summed E-state index contributed by atoms with van der Waals surface area (Å²) in [6.45, 7) is 7.39. The molecule has 0 atom stereocenters. The first-order valence-corrected chi connectivity index (χ1v) is 6.39. The van der Waals surface area contributed by atoms with Crippen LogP contribution in [-0.2, 0) is 4.79 Å². The smallest absolute Gasteiger partial charge is 0.238 e. The third-order valence-electron chi connectivity index (χ3n) is 3.18. The van der Waals surface area contributed by atoms with Gasteiger partial charge in [-0.1, -0.05) is 13.0 Å². The van der Waals surface area contributed by atoms with E-state index in [1.807, 2.05) is 25.7 Å². The first kappa shape index (κ1) is 15.6. The van der Waals surface area contributed by atoms with E-state index in [0.717, 1.165) is 6.54 Å². The van der Waals surface area contributed by atoms with Crippen LogP contribution in [0, 0.1) is 5.82 Å². The molecular weight excluding hydrogens is 245 g/mol. The lowest BCUT2D eigenvalue weighted by atomic mass is 10.0. The van der Waals surface area contributed by atoms with Gasteiger partial charge in [0, 0.05) is 17.8 Å². The fraction of sp³-hybridized carbons (Fsp3) is 0.500. The largest absolute Gasteiger partial charge is 0.329 e. The Morgan fingerprint density at radius 1 is 1.47 bits per heavy atom. The summed E-state index contributed by atoms with van der Waals surface area (Å²) in [5.41, 5.74) is 5.93. The molecular formula is C14H22FN3O. The monoisotopic (exact) mass is 267 g/mol. The van der Waals surface area contributed by atoms with Crippen molar-refractivity contribution >= 4 is 11.6 Å². The van der Waals surface area contributed by atoms with Gasteiger partial charge in [-0.3, -0.25) is 9.69 Å². The van der Waals surface area contributed by atoms with E-state index in [0.29, 0.717) is 12.2 Å². The molecule has 0 bridgehead atoms. The van der Waals surface area contributed by atoms with Crippen molar-refractivity contribution in [3.8, 4) is 0 Å². The van der Waals surface area contributed by atoms with Crippen molar-refractivity contribution in [3.63, 3.8) is 0 Å². The maximum absolute atomic E-state index is 13.0. The van der Waals surface area contributed by atoms with E-state index in [1.54, 1.807) is 12.1 Å². The Balaban J connectivity index is 2.64. The second-order valence-corrected chi connectivity index (χ2v) is 5.09. The number of benzene rings is 1. The van der Waals surface area contributed by atoms with Gasteiger partial charge in [0.15, 0.2) is 0 Å². The Bertz CT molecular complexity index is 434. The van der Waals surface area contributed by atoms with Crippen LogP contribution < -0.4 is 11.1 Å². The number of carbonyl (C=O) groups excluding carboxylic acids is 1. The first-order valence-electron chi connectivity index (χ1n) is 6.39. The lowest BCUT2D eigenvalue weighted by Crippen LogP contribution is -2.51. The summed E-state index contributed by atoms with van der Waals surface area (Å²) in [6, 6.07) is 5.85. The summed E-state index contributed by atoms with van der Waals surface area (Å²) in [4.78, 5) is 13.9. The van der Waals surface area contributed by atoms with Gasteiger partial charge in [-0.25, -0.2) is 4.39 Å². The molecule has 4 nitrogen and oxygen atoms in total. The van der Waals surface area contributed by atoms with Crippen LogP contribution in [0.15, 0.2) is 24.3 Å². The molecule has 0 aliphatic heterocycles. The molecule has 0 fully saturated rings. The molecule has 0 saturated carbocycles.